The molecule has 6 heteroatoms. The molecule has 0 saturated heterocycles. The van der Waals surface area contributed by atoms with Gasteiger partial charge in [-0.15, -0.1) is 0 Å². The van der Waals surface area contributed by atoms with E-state index in [1.165, 1.54) is 0 Å². The Morgan fingerprint density at radius 3 is 2.53 bits per heavy atom. The molecule has 0 saturated carbocycles. The predicted octanol–water partition coefficient (Wildman–Crippen LogP) is 0.946. The highest BCUT2D eigenvalue weighted by Crippen LogP contribution is 2.20. The van der Waals surface area contributed by atoms with Crippen molar-refractivity contribution in [2.24, 2.45) is 0 Å². The molecule has 0 radical (unpaired) electrons. The molecule has 6 nitrogen and oxygen atoms in total. The highest BCUT2D eigenvalue weighted by Gasteiger charge is 2.03. The number of anilines is 1. The summed E-state index contributed by atoms with van der Waals surface area (Å²) in [7, 11) is 1.58. The van der Waals surface area contributed by atoms with Crippen molar-refractivity contribution in [2.45, 2.75) is 6.92 Å². The van der Waals surface area contributed by atoms with Crippen molar-refractivity contribution >= 4 is 22.9 Å². The number of nitrogens with two attached hydrogens (primary N) is 1. The van der Waals surface area contributed by atoms with E-state index in [0.29, 0.717) is 17.1 Å². The molecule has 2 aromatic rings. The van der Waals surface area contributed by atoms with E-state index in [0.717, 1.165) is 11.2 Å². The highest BCUT2D eigenvalue weighted by atomic mass is 16.5. The summed E-state index contributed by atoms with van der Waals surface area (Å²) in [6.07, 6.45) is 0.250. The van der Waals surface area contributed by atoms with Crippen LogP contribution in [0.15, 0.2) is 18.2 Å². The van der Waals surface area contributed by atoms with Gasteiger partial charge in [-0.1, -0.05) is 0 Å². The number of ether oxygens (including phenoxy) is 1. The highest BCUT2D eigenvalue weighted by molar-refractivity contribution is 5.86. The average molecular weight is 233 g/mol. The standard InChI is InChI=1S/C10H11N3O.CO2/c1-6-5-7(11)10-8(12-6)3-4-9(13-10)14-2;2-1-3/h3-5H,1-2H3,(H2,11,12);. The lowest BCUT2D eigenvalue weighted by Crippen LogP contribution is -1.95. The van der Waals surface area contributed by atoms with Crippen LogP contribution in [0.2, 0.25) is 0 Å². The summed E-state index contributed by atoms with van der Waals surface area (Å²) < 4.78 is 5.01. The zero-order valence-electron chi connectivity index (χ0n) is 9.43. The molecule has 0 aliphatic heterocycles. The molecule has 2 heterocycles. The first kappa shape index (κ1) is 12.6. The van der Waals surface area contributed by atoms with Crippen molar-refractivity contribution in [3.8, 4) is 5.88 Å². The van der Waals surface area contributed by atoms with Gasteiger partial charge in [0, 0.05) is 11.8 Å². The SMILES string of the molecule is COc1ccc2nc(C)cc(N)c2n1.O=C=O. The van der Waals surface area contributed by atoms with Crippen LogP contribution in [0.25, 0.3) is 11.0 Å². The number of carbonyl (C=O) groups excluding carboxylic acids is 2. The van der Waals surface area contributed by atoms with Crippen LogP contribution in [0.1, 0.15) is 5.69 Å². The van der Waals surface area contributed by atoms with Gasteiger partial charge in [-0.25, -0.2) is 4.98 Å². The minimum absolute atomic E-state index is 0.250. The molecule has 0 aliphatic carbocycles. The van der Waals surface area contributed by atoms with Crippen molar-refractivity contribution < 1.29 is 14.3 Å². The number of aryl methyl sites for hydroxylation is 1. The molecule has 0 spiro atoms. The van der Waals surface area contributed by atoms with Crippen LogP contribution in [0, 0.1) is 6.92 Å². The van der Waals surface area contributed by atoms with Crippen LogP contribution in [-0.2, 0) is 9.59 Å². The fraction of sp³-hybridized carbons (Fsp3) is 0.182. The molecule has 2 rings (SSSR count). The number of hydrogen-bond donors (Lipinski definition) is 1. The van der Waals surface area contributed by atoms with E-state index in [9.17, 15) is 0 Å². The number of methoxy groups -OCH3 is 1. The molecule has 0 aliphatic rings. The number of nitrogen functional groups attached to an aromatic ring is 1. The molecule has 0 amide bonds. The van der Waals surface area contributed by atoms with E-state index in [2.05, 4.69) is 9.97 Å². The lowest BCUT2D eigenvalue weighted by Gasteiger charge is -2.04. The number of pyridine rings is 2. The van der Waals surface area contributed by atoms with E-state index < -0.39 is 0 Å². The van der Waals surface area contributed by atoms with Gasteiger partial charge in [0.1, 0.15) is 5.52 Å². The van der Waals surface area contributed by atoms with Crippen LogP contribution in [0.5, 0.6) is 5.88 Å². The van der Waals surface area contributed by atoms with Crippen LogP contribution in [-0.4, -0.2) is 23.2 Å². The third-order valence-electron chi connectivity index (χ3n) is 1.99. The second-order valence-electron chi connectivity index (χ2n) is 3.16. The second kappa shape index (κ2) is 5.58. The van der Waals surface area contributed by atoms with E-state index in [1.807, 2.05) is 13.0 Å². The average Bonchev–Trinajstić information content (AvgIpc) is 2.29. The van der Waals surface area contributed by atoms with Crippen molar-refractivity contribution in [3.05, 3.63) is 23.9 Å². The van der Waals surface area contributed by atoms with Crippen LogP contribution < -0.4 is 10.5 Å². The summed E-state index contributed by atoms with van der Waals surface area (Å²) in [5, 5.41) is 0. The Balaban J connectivity index is 0.000000437. The van der Waals surface area contributed by atoms with E-state index >= 15 is 0 Å². The first-order valence-corrected chi connectivity index (χ1v) is 4.69. The van der Waals surface area contributed by atoms with Gasteiger partial charge >= 0.3 is 6.15 Å². The Hall–Kier alpha value is -2.46. The minimum atomic E-state index is 0.250. The van der Waals surface area contributed by atoms with Gasteiger partial charge in [0.15, 0.2) is 0 Å². The fourth-order valence-electron chi connectivity index (χ4n) is 1.37. The minimum Gasteiger partial charge on any atom is -0.481 e. The Morgan fingerprint density at radius 1 is 1.29 bits per heavy atom. The summed E-state index contributed by atoms with van der Waals surface area (Å²) in [6.45, 7) is 1.90. The maximum absolute atomic E-state index is 8.12. The van der Waals surface area contributed by atoms with Crippen LogP contribution in [0.4, 0.5) is 5.69 Å². The third-order valence-corrected chi connectivity index (χ3v) is 1.99. The van der Waals surface area contributed by atoms with E-state index in [4.69, 9.17) is 20.1 Å². The van der Waals surface area contributed by atoms with Gasteiger partial charge < -0.3 is 10.5 Å². The Morgan fingerprint density at radius 2 is 1.94 bits per heavy atom. The van der Waals surface area contributed by atoms with Gasteiger partial charge in [-0.2, -0.15) is 9.59 Å². The first-order valence-electron chi connectivity index (χ1n) is 4.69. The number of fused-ring (bicyclic) bond motifs is 1. The van der Waals surface area contributed by atoms with Crippen molar-refractivity contribution in [1.82, 2.24) is 9.97 Å². The van der Waals surface area contributed by atoms with Crippen LogP contribution in [0.3, 0.4) is 0 Å². The normalized spacial score (nSPS) is 9.06. The third kappa shape index (κ3) is 2.99. The van der Waals surface area contributed by atoms with Gasteiger partial charge in [0.05, 0.1) is 18.3 Å². The van der Waals surface area contributed by atoms with Crippen molar-refractivity contribution in [1.29, 1.82) is 0 Å². The molecular formula is C11H11N3O3. The molecule has 0 fully saturated rings. The van der Waals surface area contributed by atoms with Gasteiger partial charge in [0.25, 0.3) is 0 Å². The molecular weight excluding hydrogens is 222 g/mol. The van der Waals surface area contributed by atoms with E-state index in [1.54, 1.807) is 19.2 Å². The molecule has 2 N–H and O–H groups in total. The number of hydrogen-bond acceptors (Lipinski definition) is 6. The summed E-state index contributed by atoms with van der Waals surface area (Å²) >= 11 is 0. The molecule has 17 heavy (non-hydrogen) atoms. The summed E-state index contributed by atoms with van der Waals surface area (Å²) in [5.41, 5.74) is 8.83. The number of nitrogens with zero attached hydrogens (tertiary/aromatic N) is 2. The fourth-order valence-corrected chi connectivity index (χ4v) is 1.37. The first-order chi connectivity index (χ1) is 8.12. The largest absolute Gasteiger partial charge is 0.481 e. The molecule has 2 aromatic heterocycles. The lowest BCUT2D eigenvalue weighted by atomic mass is 10.2. The van der Waals surface area contributed by atoms with Gasteiger partial charge in [0.2, 0.25) is 5.88 Å². The number of rotatable bonds is 1. The summed E-state index contributed by atoms with van der Waals surface area (Å²) in [4.78, 5) is 24.8. The zero-order chi connectivity index (χ0) is 12.8. The molecule has 88 valence electrons. The monoisotopic (exact) mass is 233 g/mol. The molecule has 0 atom stereocenters. The predicted molar refractivity (Wildman–Crippen MR) is 60.2 cm³/mol. The Labute approximate surface area is 97.4 Å². The maximum atomic E-state index is 8.12. The Kier molecular flexibility index (Phi) is 4.14. The van der Waals surface area contributed by atoms with E-state index in [-0.39, 0.29) is 6.15 Å². The number of aromatic nitrogens is 2. The second-order valence-corrected chi connectivity index (χ2v) is 3.16. The van der Waals surface area contributed by atoms with Crippen LogP contribution >= 0.6 is 0 Å². The smallest absolute Gasteiger partial charge is 0.373 e. The molecule has 0 unspecified atom stereocenters. The Bertz CT molecular complexity index is 563. The van der Waals surface area contributed by atoms with Gasteiger partial charge in [-0.05, 0) is 19.1 Å². The lowest BCUT2D eigenvalue weighted by molar-refractivity contribution is -0.191. The summed E-state index contributed by atoms with van der Waals surface area (Å²) in [5.74, 6) is 0.551. The van der Waals surface area contributed by atoms with Gasteiger partial charge in [-0.3, -0.25) is 4.98 Å². The summed E-state index contributed by atoms with van der Waals surface area (Å²) in [6, 6.07) is 5.42. The maximum Gasteiger partial charge on any atom is 0.373 e. The molecule has 0 aromatic carbocycles. The van der Waals surface area contributed by atoms with Crippen molar-refractivity contribution in [2.75, 3.05) is 12.8 Å². The molecule has 0 bridgehead atoms. The topological polar surface area (TPSA) is 95.2 Å². The van der Waals surface area contributed by atoms with Crippen molar-refractivity contribution in [3.63, 3.8) is 0 Å². The zero-order valence-corrected chi connectivity index (χ0v) is 9.43. The quantitative estimate of drug-likeness (QED) is 0.787.